The standard InChI is InChI=1S/C22H36N2O4/c25-19(15-23-11-3-1-4-12-23)17-27-21-7-9-22(10-8-21)28-18-20(26)16-24-13-5-2-6-14-24/h7-10,19-20,25-26H,1-6,11-18H2/t19-,20+. The van der Waals surface area contributed by atoms with Gasteiger partial charge in [-0.15, -0.1) is 0 Å². The highest BCUT2D eigenvalue weighted by molar-refractivity contribution is 5.31. The second kappa shape index (κ2) is 11.6. The molecule has 158 valence electrons. The molecular formula is C22H36N2O4. The van der Waals surface area contributed by atoms with Crippen LogP contribution in [0.25, 0.3) is 0 Å². The molecule has 0 saturated carbocycles. The maximum atomic E-state index is 10.2. The molecule has 2 heterocycles. The van der Waals surface area contributed by atoms with E-state index in [4.69, 9.17) is 9.47 Å². The first-order valence-electron chi connectivity index (χ1n) is 10.9. The van der Waals surface area contributed by atoms with Crippen LogP contribution in [0.5, 0.6) is 11.5 Å². The predicted molar refractivity (Wildman–Crippen MR) is 110 cm³/mol. The van der Waals surface area contributed by atoms with Gasteiger partial charge in [-0.1, -0.05) is 12.8 Å². The minimum Gasteiger partial charge on any atom is -0.491 e. The maximum absolute atomic E-state index is 10.2. The van der Waals surface area contributed by atoms with Gasteiger partial charge in [0.15, 0.2) is 0 Å². The van der Waals surface area contributed by atoms with Gasteiger partial charge in [-0.25, -0.2) is 0 Å². The molecule has 1 aromatic carbocycles. The summed E-state index contributed by atoms with van der Waals surface area (Å²) in [7, 11) is 0. The molecule has 0 radical (unpaired) electrons. The first-order valence-corrected chi connectivity index (χ1v) is 10.9. The summed E-state index contributed by atoms with van der Waals surface area (Å²) in [6, 6.07) is 7.39. The smallest absolute Gasteiger partial charge is 0.119 e. The van der Waals surface area contributed by atoms with Crippen LogP contribution in [0.2, 0.25) is 0 Å². The highest BCUT2D eigenvalue weighted by atomic mass is 16.5. The fourth-order valence-electron chi connectivity index (χ4n) is 4.00. The fourth-order valence-corrected chi connectivity index (χ4v) is 4.00. The number of hydrogen-bond donors (Lipinski definition) is 2. The van der Waals surface area contributed by atoms with Gasteiger partial charge in [-0.05, 0) is 76.1 Å². The van der Waals surface area contributed by atoms with Gasteiger partial charge in [0, 0.05) is 13.1 Å². The van der Waals surface area contributed by atoms with E-state index in [9.17, 15) is 10.2 Å². The third-order valence-electron chi connectivity index (χ3n) is 5.54. The molecule has 0 spiro atoms. The number of aliphatic hydroxyl groups excluding tert-OH is 2. The molecule has 2 atom stereocenters. The van der Waals surface area contributed by atoms with Crippen LogP contribution < -0.4 is 9.47 Å². The Morgan fingerprint density at radius 2 is 1.00 bits per heavy atom. The van der Waals surface area contributed by atoms with E-state index in [0.29, 0.717) is 26.3 Å². The zero-order valence-corrected chi connectivity index (χ0v) is 17.0. The van der Waals surface area contributed by atoms with Gasteiger partial charge in [-0.3, -0.25) is 0 Å². The monoisotopic (exact) mass is 392 g/mol. The SMILES string of the molecule is O[C@H](COc1ccc(OC[C@H](O)CN2CCCCC2)cc1)CN1CCCCC1. The summed E-state index contributed by atoms with van der Waals surface area (Å²) in [6.45, 7) is 6.25. The van der Waals surface area contributed by atoms with E-state index in [1.54, 1.807) is 0 Å². The Bertz CT molecular complexity index is 493. The first kappa shape index (κ1) is 21.4. The summed E-state index contributed by atoms with van der Waals surface area (Å²) in [5.74, 6) is 1.44. The number of rotatable bonds is 10. The highest BCUT2D eigenvalue weighted by Gasteiger charge is 2.16. The molecule has 3 rings (SSSR count). The van der Waals surface area contributed by atoms with Gasteiger partial charge < -0.3 is 29.5 Å². The van der Waals surface area contributed by atoms with Crippen molar-refractivity contribution in [1.82, 2.24) is 9.80 Å². The molecule has 0 bridgehead atoms. The van der Waals surface area contributed by atoms with Gasteiger partial charge in [0.25, 0.3) is 0 Å². The van der Waals surface area contributed by atoms with Gasteiger partial charge >= 0.3 is 0 Å². The van der Waals surface area contributed by atoms with Crippen molar-refractivity contribution < 1.29 is 19.7 Å². The number of aliphatic hydroxyl groups is 2. The van der Waals surface area contributed by atoms with Gasteiger partial charge in [0.05, 0.1) is 0 Å². The van der Waals surface area contributed by atoms with Crippen LogP contribution in [-0.2, 0) is 0 Å². The van der Waals surface area contributed by atoms with E-state index in [-0.39, 0.29) is 0 Å². The highest BCUT2D eigenvalue weighted by Crippen LogP contribution is 2.18. The number of β-amino-alcohol motifs (C(OH)–C–C–N with tert-alkyl or cyclic N) is 2. The molecule has 28 heavy (non-hydrogen) atoms. The molecule has 0 aromatic heterocycles. The number of ether oxygens (including phenoxy) is 2. The van der Waals surface area contributed by atoms with E-state index >= 15 is 0 Å². The van der Waals surface area contributed by atoms with E-state index in [1.807, 2.05) is 24.3 Å². The summed E-state index contributed by atoms with van der Waals surface area (Å²) in [5.41, 5.74) is 0. The molecule has 2 aliphatic heterocycles. The van der Waals surface area contributed by atoms with E-state index in [0.717, 1.165) is 37.7 Å². The number of nitrogens with zero attached hydrogens (tertiary/aromatic N) is 2. The average Bonchev–Trinajstić information content (AvgIpc) is 2.73. The predicted octanol–water partition coefficient (Wildman–Crippen LogP) is 2.14. The van der Waals surface area contributed by atoms with Crippen molar-refractivity contribution >= 4 is 0 Å². The summed E-state index contributed by atoms with van der Waals surface area (Å²) in [5, 5.41) is 20.3. The van der Waals surface area contributed by atoms with Crippen molar-refractivity contribution in [1.29, 1.82) is 0 Å². The number of likely N-dealkylation sites (tertiary alicyclic amines) is 2. The Kier molecular flexibility index (Phi) is 8.86. The maximum Gasteiger partial charge on any atom is 0.119 e. The summed E-state index contributed by atoms with van der Waals surface area (Å²) in [6.07, 6.45) is 6.55. The number of piperidine rings is 2. The van der Waals surface area contributed by atoms with E-state index in [2.05, 4.69) is 9.80 Å². The summed E-state index contributed by atoms with van der Waals surface area (Å²) in [4.78, 5) is 4.62. The van der Waals surface area contributed by atoms with Crippen molar-refractivity contribution in [2.45, 2.75) is 50.7 Å². The minimum atomic E-state index is -0.473. The van der Waals surface area contributed by atoms with Crippen molar-refractivity contribution in [2.75, 3.05) is 52.5 Å². The Hall–Kier alpha value is -1.34. The summed E-state index contributed by atoms with van der Waals surface area (Å²) < 4.78 is 11.4. The van der Waals surface area contributed by atoms with Crippen LogP contribution in [-0.4, -0.2) is 84.7 Å². The lowest BCUT2D eigenvalue weighted by molar-refractivity contribution is 0.0605. The number of hydrogen-bond acceptors (Lipinski definition) is 6. The quantitative estimate of drug-likeness (QED) is 0.636. The van der Waals surface area contributed by atoms with Crippen molar-refractivity contribution in [2.24, 2.45) is 0 Å². The van der Waals surface area contributed by atoms with Crippen LogP contribution in [0, 0.1) is 0 Å². The molecule has 6 nitrogen and oxygen atoms in total. The Balaban J connectivity index is 1.32. The zero-order chi connectivity index (χ0) is 19.6. The minimum absolute atomic E-state index is 0.297. The van der Waals surface area contributed by atoms with Gasteiger partial charge in [0.2, 0.25) is 0 Å². The van der Waals surface area contributed by atoms with E-state index < -0.39 is 12.2 Å². The van der Waals surface area contributed by atoms with Crippen molar-refractivity contribution in [3.63, 3.8) is 0 Å². The third kappa shape index (κ3) is 7.59. The normalized spacial score (nSPS) is 21.2. The fraction of sp³-hybridized carbons (Fsp3) is 0.727. The molecule has 0 aliphatic carbocycles. The lowest BCUT2D eigenvalue weighted by Crippen LogP contribution is -2.38. The van der Waals surface area contributed by atoms with Crippen LogP contribution in [0.1, 0.15) is 38.5 Å². The van der Waals surface area contributed by atoms with E-state index in [1.165, 1.54) is 38.5 Å². The third-order valence-corrected chi connectivity index (χ3v) is 5.54. The van der Waals surface area contributed by atoms with Crippen molar-refractivity contribution in [3.05, 3.63) is 24.3 Å². The zero-order valence-electron chi connectivity index (χ0n) is 17.0. The second-order valence-corrected chi connectivity index (χ2v) is 8.12. The van der Waals surface area contributed by atoms with Crippen molar-refractivity contribution in [3.8, 4) is 11.5 Å². The molecule has 6 heteroatoms. The van der Waals surface area contributed by atoms with Gasteiger partial charge in [0.1, 0.15) is 36.9 Å². The molecule has 2 N–H and O–H groups in total. The Labute approximate surface area is 169 Å². The lowest BCUT2D eigenvalue weighted by Gasteiger charge is -2.28. The average molecular weight is 393 g/mol. The molecule has 0 unspecified atom stereocenters. The number of benzene rings is 1. The van der Waals surface area contributed by atoms with Crippen LogP contribution in [0.3, 0.4) is 0 Å². The molecule has 2 saturated heterocycles. The Morgan fingerprint density at radius 1 is 0.643 bits per heavy atom. The summed E-state index contributed by atoms with van der Waals surface area (Å²) >= 11 is 0. The topological polar surface area (TPSA) is 65.4 Å². The molecular weight excluding hydrogens is 356 g/mol. The largest absolute Gasteiger partial charge is 0.491 e. The molecule has 0 amide bonds. The Morgan fingerprint density at radius 3 is 1.36 bits per heavy atom. The molecule has 2 fully saturated rings. The first-order chi connectivity index (χ1) is 13.7. The second-order valence-electron chi connectivity index (χ2n) is 8.12. The molecule has 2 aliphatic rings. The lowest BCUT2D eigenvalue weighted by atomic mass is 10.1. The molecule has 1 aromatic rings. The van der Waals surface area contributed by atoms with Crippen LogP contribution in [0.15, 0.2) is 24.3 Å². The van der Waals surface area contributed by atoms with Crippen LogP contribution >= 0.6 is 0 Å². The van der Waals surface area contributed by atoms with Gasteiger partial charge in [-0.2, -0.15) is 0 Å². The van der Waals surface area contributed by atoms with Crippen LogP contribution in [0.4, 0.5) is 0 Å².